The molecule has 3 nitrogen and oxygen atoms in total. The van der Waals surface area contributed by atoms with Crippen molar-refractivity contribution in [2.24, 2.45) is 0 Å². The molecule has 1 aliphatic rings. The van der Waals surface area contributed by atoms with E-state index in [2.05, 4.69) is 21.8 Å². The second-order valence-corrected chi connectivity index (χ2v) is 4.98. The van der Waals surface area contributed by atoms with Crippen molar-refractivity contribution in [3.63, 3.8) is 0 Å². The smallest absolute Gasteiger partial charge is 0.171 e. The van der Waals surface area contributed by atoms with Gasteiger partial charge in [-0.15, -0.1) is 0 Å². The van der Waals surface area contributed by atoms with Crippen molar-refractivity contribution in [1.82, 2.24) is 9.97 Å². The van der Waals surface area contributed by atoms with Gasteiger partial charge in [0.2, 0.25) is 0 Å². The van der Waals surface area contributed by atoms with E-state index in [0.717, 1.165) is 12.4 Å². The molecule has 1 aromatic heterocycles. The normalized spacial score (nSPS) is 20.5. The minimum absolute atomic E-state index is 0.510. The summed E-state index contributed by atoms with van der Waals surface area (Å²) in [4.78, 5) is 10.6. The molecule has 0 N–H and O–H groups in total. The van der Waals surface area contributed by atoms with E-state index in [9.17, 15) is 0 Å². The molecule has 1 aliphatic heterocycles. The molecule has 0 aromatic carbocycles. The predicted molar refractivity (Wildman–Crippen MR) is 65.8 cm³/mol. The van der Waals surface area contributed by atoms with Crippen LogP contribution in [0, 0.1) is 0 Å². The lowest BCUT2D eigenvalue weighted by Crippen LogP contribution is -2.36. The van der Waals surface area contributed by atoms with Crippen molar-refractivity contribution in [2.75, 3.05) is 23.0 Å². The third-order valence-corrected chi connectivity index (χ3v) is 4.01. The van der Waals surface area contributed by atoms with E-state index in [0.29, 0.717) is 11.2 Å². The maximum Gasteiger partial charge on any atom is 0.171 e. The van der Waals surface area contributed by atoms with Crippen molar-refractivity contribution < 1.29 is 0 Å². The molecule has 1 atom stereocenters. The molecule has 0 amide bonds. The first kappa shape index (κ1) is 11.0. The standard InChI is InChI=1S/C10H14ClN3S/c1-2-14(8-3-6-15-7-8)10-9(11)12-4-5-13-10/h4-5,8H,2-3,6-7H2,1H3/t8-/m1/s1. The van der Waals surface area contributed by atoms with E-state index in [1.54, 1.807) is 12.4 Å². The quantitative estimate of drug-likeness (QED) is 0.816. The summed E-state index contributed by atoms with van der Waals surface area (Å²) in [6.07, 6.45) is 4.54. The van der Waals surface area contributed by atoms with Crippen LogP contribution >= 0.6 is 23.4 Å². The van der Waals surface area contributed by atoms with Crippen LogP contribution in [0.4, 0.5) is 5.82 Å². The molecule has 1 aromatic rings. The molecule has 15 heavy (non-hydrogen) atoms. The Balaban J connectivity index is 2.22. The zero-order chi connectivity index (χ0) is 10.7. The van der Waals surface area contributed by atoms with E-state index in [1.807, 2.05) is 11.8 Å². The second-order valence-electron chi connectivity index (χ2n) is 3.47. The summed E-state index contributed by atoms with van der Waals surface area (Å²) < 4.78 is 0. The van der Waals surface area contributed by atoms with Gasteiger partial charge in [0.05, 0.1) is 0 Å². The number of anilines is 1. The molecule has 0 bridgehead atoms. The lowest BCUT2D eigenvalue weighted by atomic mass is 10.2. The van der Waals surface area contributed by atoms with Crippen molar-refractivity contribution in [3.05, 3.63) is 17.5 Å². The molecule has 1 saturated heterocycles. The van der Waals surface area contributed by atoms with E-state index >= 15 is 0 Å². The summed E-state index contributed by atoms with van der Waals surface area (Å²) >= 11 is 8.05. The monoisotopic (exact) mass is 243 g/mol. The van der Waals surface area contributed by atoms with E-state index < -0.39 is 0 Å². The Bertz CT molecular complexity index is 328. The van der Waals surface area contributed by atoms with Crippen LogP contribution in [0.5, 0.6) is 0 Å². The third kappa shape index (κ3) is 2.37. The highest BCUT2D eigenvalue weighted by Crippen LogP contribution is 2.28. The highest BCUT2D eigenvalue weighted by Gasteiger charge is 2.24. The van der Waals surface area contributed by atoms with Gasteiger partial charge in [0.25, 0.3) is 0 Å². The molecule has 82 valence electrons. The number of aromatic nitrogens is 2. The average molecular weight is 244 g/mol. The van der Waals surface area contributed by atoms with Gasteiger partial charge >= 0.3 is 0 Å². The molecule has 2 heterocycles. The molecule has 0 radical (unpaired) electrons. The van der Waals surface area contributed by atoms with Crippen LogP contribution in [0.2, 0.25) is 5.15 Å². The van der Waals surface area contributed by atoms with Gasteiger partial charge in [-0.3, -0.25) is 0 Å². The molecule has 0 saturated carbocycles. The molecular formula is C10H14ClN3S. The van der Waals surface area contributed by atoms with Crippen LogP contribution in [0.15, 0.2) is 12.4 Å². The number of thioether (sulfide) groups is 1. The topological polar surface area (TPSA) is 29.0 Å². The van der Waals surface area contributed by atoms with Gasteiger partial charge in [-0.2, -0.15) is 11.8 Å². The minimum atomic E-state index is 0.510. The summed E-state index contributed by atoms with van der Waals surface area (Å²) in [5, 5.41) is 0.510. The molecule has 1 fully saturated rings. The SMILES string of the molecule is CCN(c1nccnc1Cl)[C@@H]1CCSC1. The van der Waals surface area contributed by atoms with Crippen LogP contribution < -0.4 is 4.90 Å². The van der Waals surface area contributed by atoms with Gasteiger partial charge in [0.1, 0.15) is 0 Å². The summed E-state index contributed by atoms with van der Waals surface area (Å²) in [6, 6.07) is 0.564. The van der Waals surface area contributed by atoms with Crippen molar-refractivity contribution in [3.8, 4) is 0 Å². The minimum Gasteiger partial charge on any atom is -0.350 e. The number of hydrogen-bond acceptors (Lipinski definition) is 4. The lowest BCUT2D eigenvalue weighted by molar-refractivity contribution is 0.651. The largest absolute Gasteiger partial charge is 0.350 e. The van der Waals surface area contributed by atoms with E-state index in [4.69, 9.17) is 11.6 Å². The average Bonchev–Trinajstić information content (AvgIpc) is 2.75. The van der Waals surface area contributed by atoms with Gasteiger partial charge < -0.3 is 4.90 Å². The van der Waals surface area contributed by atoms with E-state index in [1.165, 1.54) is 17.9 Å². The zero-order valence-electron chi connectivity index (χ0n) is 8.69. The van der Waals surface area contributed by atoms with Gasteiger partial charge in [-0.1, -0.05) is 11.6 Å². The third-order valence-electron chi connectivity index (χ3n) is 2.60. The van der Waals surface area contributed by atoms with Crippen LogP contribution in [-0.2, 0) is 0 Å². The highest BCUT2D eigenvalue weighted by molar-refractivity contribution is 7.99. The molecule has 2 rings (SSSR count). The number of hydrogen-bond donors (Lipinski definition) is 0. The fourth-order valence-corrected chi connectivity index (χ4v) is 3.29. The Morgan fingerprint density at radius 2 is 2.33 bits per heavy atom. The predicted octanol–water partition coefficient (Wildman–Crippen LogP) is 2.46. The molecule has 0 aliphatic carbocycles. The molecular weight excluding hydrogens is 230 g/mol. The Labute approximate surface area is 99.2 Å². The van der Waals surface area contributed by atoms with Gasteiger partial charge in [0.15, 0.2) is 11.0 Å². The Morgan fingerprint density at radius 3 is 2.93 bits per heavy atom. The Hall–Kier alpha value is -0.480. The van der Waals surface area contributed by atoms with E-state index in [-0.39, 0.29) is 0 Å². The fraction of sp³-hybridized carbons (Fsp3) is 0.600. The summed E-state index contributed by atoms with van der Waals surface area (Å²) in [5.74, 6) is 3.23. The van der Waals surface area contributed by atoms with Gasteiger partial charge in [-0.05, 0) is 19.1 Å². The second kappa shape index (κ2) is 5.03. The van der Waals surface area contributed by atoms with Crippen LogP contribution in [0.1, 0.15) is 13.3 Å². The van der Waals surface area contributed by atoms with Crippen LogP contribution in [-0.4, -0.2) is 34.1 Å². The maximum absolute atomic E-state index is 6.05. The number of rotatable bonds is 3. The Morgan fingerprint density at radius 1 is 1.53 bits per heavy atom. The number of nitrogens with zero attached hydrogens (tertiary/aromatic N) is 3. The van der Waals surface area contributed by atoms with Crippen LogP contribution in [0.25, 0.3) is 0 Å². The first-order valence-electron chi connectivity index (χ1n) is 5.13. The molecule has 0 unspecified atom stereocenters. The summed E-state index contributed by atoms with van der Waals surface area (Å²) in [5.41, 5.74) is 0. The fourth-order valence-electron chi connectivity index (χ4n) is 1.86. The van der Waals surface area contributed by atoms with Gasteiger partial charge in [-0.25, -0.2) is 9.97 Å². The van der Waals surface area contributed by atoms with Crippen molar-refractivity contribution in [1.29, 1.82) is 0 Å². The summed E-state index contributed by atoms with van der Waals surface area (Å²) in [7, 11) is 0. The van der Waals surface area contributed by atoms with Crippen molar-refractivity contribution >= 4 is 29.2 Å². The Kier molecular flexibility index (Phi) is 3.70. The first-order chi connectivity index (χ1) is 7.33. The van der Waals surface area contributed by atoms with Gasteiger partial charge in [0, 0.05) is 30.7 Å². The lowest BCUT2D eigenvalue weighted by Gasteiger charge is -2.28. The molecule has 5 heteroatoms. The molecule has 0 spiro atoms. The van der Waals surface area contributed by atoms with Crippen molar-refractivity contribution in [2.45, 2.75) is 19.4 Å². The first-order valence-corrected chi connectivity index (χ1v) is 6.67. The summed E-state index contributed by atoms with van der Waals surface area (Å²) in [6.45, 7) is 3.07. The maximum atomic E-state index is 6.05. The highest BCUT2D eigenvalue weighted by atomic mass is 35.5. The van der Waals surface area contributed by atoms with Crippen LogP contribution in [0.3, 0.4) is 0 Å². The zero-order valence-corrected chi connectivity index (χ0v) is 10.3. The number of halogens is 1.